The second-order valence-corrected chi connectivity index (χ2v) is 7.12. The number of amides is 1. The maximum Gasteiger partial charge on any atom is 0.257 e. The first-order valence-electron chi connectivity index (χ1n) is 9.48. The standard InChI is InChI=1S/C20H26N4O/c1-2-16-18(20(25)21-15-11-7-4-8-12-15)19-22-17(13-24(19)23-16)14-9-5-3-6-10-14/h3,5-6,9-10,15,17,22H,2,4,7-8,11-13H2,1H3,(H,21,25)/t17-/m1/s1. The summed E-state index contributed by atoms with van der Waals surface area (Å²) in [4.78, 5) is 13.0. The third-order valence-corrected chi connectivity index (χ3v) is 5.40. The molecule has 2 aromatic rings. The Kier molecular flexibility index (Phi) is 4.47. The molecule has 132 valence electrons. The summed E-state index contributed by atoms with van der Waals surface area (Å²) in [5.41, 5.74) is 2.86. The van der Waals surface area contributed by atoms with E-state index >= 15 is 0 Å². The number of nitrogens with zero attached hydrogens (tertiary/aromatic N) is 2. The van der Waals surface area contributed by atoms with Gasteiger partial charge in [-0.2, -0.15) is 5.10 Å². The molecule has 5 heteroatoms. The molecule has 0 unspecified atom stereocenters. The van der Waals surface area contributed by atoms with E-state index in [-0.39, 0.29) is 11.9 Å². The SMILES string of the molecule is CCc1nn2c(c1C(=O)NC1CCCCC1)N[C@@H](c1ccccc1)C2. The summed E-state index contributed by atoms with van der Waals surface area (Å²) in [7, 11) is 0. The predicted octanol–water partition coefficient (Wildman–Crippen LogP) is 3.67. The first-order chi connectivity index (χ1) is 12.3. The van der Waals surface area contributed by atoms with Crippen LogP contribution in [0.5, 0.6) is 0 Å². The molecule has 2 aliphatic rings. The fourth-order valence-electron chi connectivity index (χ4n) is 4.04. The van der Waals surface area contributed by atoms with Crippen molar-refractivity contribution in [3.8, 4) is 0 Å². The minimum atomic E-state index is 0.0335. The number of hydrogen-bond donors (Lipinski definition) is 2. The minimum absolute atomic E-state index is 0.0335. The second-order valence-electron chi connectivity index (χ2n) is 7.12. The van der Waals surface area contributed by atoms with Crippen LogP contribution in [-0.4, -0.2) is 21.7 Å². The number of hydrogen-bond acceptors (Lipinski definition) is 3. The smallest absolute Gasteiger partial charge is 0.257 e. The highest BCUT2D eigenvalue weighted by Crippen LogP contribution is 2.33. The van der Waals surface area contributed by atoms with Crippen molar-refractivity contribution in [2.45, 2.75) is 64.1 Å². The second kappa shape index (κ2) is 6.90. The number of benzene rings is 1. The Morgan fingerprint density at radius 2 is 2.00 bits per heavy atom. The summed E-state index contributed by atoms with van der Waals surface area (Å²) in [5, 5.41) is 11.5. The Balaban J connectivity index is 1.56. The number of aromatic nitrogens is 2. The van der Waals surface area contributed by atoms with Crippen molar-refractivity contribution in [1.29, 1.82) is 0 Å². The van der Waals surface area contributed by atoms with E-state index in [0.717, 1.165) is 42.9 Å². The molecule has 1 atom stereocenters. The zero-order valence-electron chi connectivity index (χ0n) is 14.8. The lowest BCUT2D eigenvalue weighted by Gasteiger charge is -2.23. The van der Waals surface area contributed by atoms with E-state index in [0.29, 0.717) is 6.04 Å². The fourth-order valence-corrected chi connectivity index (χ4v) is 4.04. The molecule has 1 aliphatic heterocycles. The molecule has 0 radical (unpaired) electrons. The van der Waals surface area contributed by atoms with Crippen LogP contribution in [0.3, 0.4) is 0 Å². The monoisotopic (exact) mass is 338 g/mol. The molecule has 25 heavy (non-hydrogen) atoms. The van der Waals surface area contributed by atoms with Crippen molar-refractivity contribution in [1.82, 2.24) is 15.1 Å². The van der Waals surface area contributed by atoms with Gasteiger partial charge in [0.05, 0.1) is 18.3 Å². The van der Waals surface area contributed by atoms with Crippen molar-refractivity contribution in [2.24, 2.45) is 0 Å². The minimum Gasteiger partial charge on any atom is -0.361 e. The summed E-state index contributed by atoms with van der Waals surface area (Å²) in [5.74, 6) is 0.908. The molecule has 0 bridgehead atoms. The Hall–Kier alpha value is -2.30. The van der Waals surface area contributed by atoms with Crippen LogP contribution in [-0.2, 0) is 13.0 Å². The van der Waals surface area contributed by atoms with Crippen LogP contribution in [0.25, 0.3) is 0 Å². The quantitative estimate of drug-likeness (QED) is 0.894. The lowest BCUT2D eigenvalue weighted by atomic mass is 9.95. The van der Waals surface area contributed by atoms with Gasteiger partial charge in [0, 0.05) is 6.04 Å². The summed E-state index contributed by atoms with van der Waals surface area (Å²) >= 11 is 0. The van der Waals surface area contributed by atoms with Crippen LogP contribution in [0, 0.1) is 0 Å². The zero-order chi connectivity index (χ0) is 17.2. The summed E-state index contributed by atoms with van der Waals surface area (Å²) in [6.07, 6.45) is 6.67. The van der Waals surface area contributed by atoms with Gasteiger partial charge in [0.2, 0.25) is 0 Å². The van der Waals surface area contributed by atoms with E-state index in [1.165, 1.54) is 24.8 Å². The van der Waals surface area contributed by atoms with Crippen LogP contribution < -0.4 is 10.6 Å². The molecule has 1 fully saturated rings. The molecule has 1 amide bonds. The van der Waals surface area contributed by atoms with Gasteiger partial charge in [-0.15, -0.1) is 0 Å². The molecule has 2 heterocycles. The van der Waals surface area contributed by atoms with Crippen LogP contribution >= 0.6 is 0 Å². The first kappa shape index (κ1) is 16.2. The van der Waals surface area contributed by atoms with Gasteiger partial charge < -0.3 is 10.6 Å². The normalized spacial score (nSPS) is 20.1. The molecular weight excluding hydrogens is 312 g/mol. The fraction of sp³-hybridized carbons (Fsp3) is 0.500. The number of carbonyl (C=O) groups is 1. The molecule has 5 nitrogen and oxygen atoms in total. The van der Waals surface area contributed by atoms with Crippen LogP contribution in [0.1, 0.15) is 66.7 Å². The van der Waals surface area contributed by atoms with Gasteiger partial charge in [0.1, 0.15) is 11.4 Å². The largest absolute Gasteiger partial charge is 0.361 e. The van der Waals surface area contributed by atoms with E-state index in [4.69, 9.17) is 5.10 Å². The van der Waals surface area contributed by atoms with Crippen molar-refractivity contribution >= 4 is 11.7 Å². The number of rotatable bonds is 4. The summed E-state index contributed by atoms with van der Waals surface area (Å²) in [6, 6.07) is 10.8. The highest BCUT2D eigenvalue weighted by Gasteiger charge is 2.31. The third-order valence-electron chi connectivity index (χ3n) is 5.40. The average molecular weight is 338 g/mol. The molecule has 2 N–H and O–H groups in total. The summed E-state index contributed by atoms with van der Waals surface area (Å²) < 4.78 is 1.96. The Morgan fingerprint density at radius 3 is 2.72 bits per heavy atom. The van der Waals surface area contributed by atoms with Gasteiger partial charge in [-0.05, 0) is 24.8 Å². The number of carbonyl (C=O) groups excluding carboxylic acids is 1. The predicted molar refractivity (Wildman–Crippen MR) is 98.7 cm³/mol. The number of anilines is 1. The Labute approximate surface area is 148 Å². The van der Waals surface area contributed by atoms with Crippen molar-refractivity contribution in [3.05, 3.63) is 47.2 Å². The van der Waals surface area contributed by atoms with Gasteiger partial charge in [-0.3, -0.25) is 4.79 Å². The highest BCUT2D eigenvalue weighted by atomic mass is 16.1. The maximum atomic E-state index is 13.0. The molecule has 0 spiro atoms. The van der Waals surface area contributed by atoms with Crippen molar-refractivity contribution < 1.29 is 4.79 Å². The van der Waals surface area contributed by atoms with Crippen LogP contribution in [0.2, 0.25) is 0 Å². The van der Waals surface area contributed by atoms with E-state index in [9.17, 15) is 4.79 Å². The zero-order valence-corrected chi connectivity index (χ0v) is 14.8. The molecule has 4 rings (SSSR count). The molecule has 1 saturated carbocycles. The lowest BCUT2D eigenvalue weighted by Crippen LogP contribution is -2.36. The number of aryl methyl sites for hydroxylation is 1. The molecule has 1 aromatic heterocycles. The van der Waals surface area contributed by atoms with Gasteiger partial charge in [0.15, 0.2) is 0 Å². The van der Waals surface area contributed by atoms with E-state index in [1.54, 1.807) is 0 Å². The van der Waals surface area contributed by atoms with Gasteiger partial charge in [-0.1, -0.05) is 56.5 Å². The Bertz CT molecular complexity index is 747. The van der Waals surface area contributed by atoms with E-state index in [2.05, 4.69) is 29.7 Å². The summed E-state index contributed by atoms with van der Waals surface area (Å²) in [6.45, 7) is 2.83. The Morgan fingerprint density at radius 1 is 1.24 bits per heavy atom. The molecular formula is C20H26N4O. The number of nitrogens with one attached hydrogen (secondary N) is 2. The topological polar surface area (TPSA) is 59.0 Å². The van der Waals surface area contributed by atoms with Crippen LogP contribution in [0.4, 0.5) is 5.82 Å². The lowest BCUT2D eigenvalue weighted by molar-refractivity contribution is 0.0927. The van der Waals surface area contributed by atoms with Crippen LogP contribution in [0.15, 0.2) is 30.3 Å². The third kappa shape index (κ3) is 3.15. The highest BCUT2D eigenvalue weighted by molar-refractivity contribution is 6.00. The van der Waals surface area contributed by atoms with Gasteiger partial charge in [-0.25, -0.2) is 4.68 Å². The van der Waals surface area contributed by atoms with Gasteiger partial charge >= 0.3 is 0 Å². The number of fused-ring (bicyclic) bond motifs is 1. The first-order valence-corrected chi connectivity index (χ1v) is 9.48. The molecule has 0 saturated heterocycles. The van der Waals surface area contributed by atoms with Crippen molar-refractivity contribution in [3.63, 3.8) is 0 Å². The maximum absolute atomic E-state index is 13.0. The van der Waals surface area contributed by atoms with Crippen molar-refractivity contribution in [2.75, 3.05) is 5.32 Å². The molecule has 1 aliphatic carbocycles. The van der Waals surface area contributed by atoms with E-state index in [1.807, 2.05) is 22.9 Å². The van der Waals surface area contributed by atoms with Gasteiger partial charge in [0.25, 0.3) is 5.91 Å². The molecule has 1 aromatic carbocycles. The average Bonchev–Trinajstić information content (AvgIpc) is 3.20. The van der Waals surface area contributed by atoms with E-state index < -0.39 is 0 Å².